The Hall–Kier alpha value is -3.02. The van der Waals surface area contributed by atoms with E-state index in [2.05, 4.69) is 15.5 Å². The van der Waals surface area contributed by atoms with Crippen LogP contribution in [0.2, 0.25) is 0 Å². The van der Waals surface area contributed by atoms with Crippen LogP contribution in [0.4, 0.5) is 11.4 Å². The zero-order valence-corrected chi connectivity index (χ0v) is 14.6. The molecule has 0 radical (unpaired) electrons. The third kappa shape index (κ3) is 2.87. The molecule has 2 heterocycles. The average Bonchev–Trinajstić information content (AvgIpc) is 3.16. The van der Waals surface area contributed by atoms with Crippen LogP contribution in [0.3, 0.4) is 0 Å². The molecule has 2 aromatic rings. The largest absolute Gasteiger partial charge is 0.496 e. The first-order valence-corrected chi connectivity index (χ1v) is 8.79. The summed E-state index contributed by atoms with van der Waals surface area (Å²) in [6.45, 7) is 1.25. The van der Waals surface area contributed by atoms with E-state index in [9.17, 15) is 9.59 Å². The van der Waals surface area contributed by atoms with Crippen LogP contribution in [0.25, 0.3) is 0 Å². The number of rotatable bonds is 4. The number of benzene rings is 2. The van der Waals surface area contributed by atoms with E-state index in [1.54, 1.807) is 13.2 Å². The number of fused-ring (bicyclic) bond motifs is 3. The zero-order valence-electron chi connectivity index (χ0n) is 14.6. The minimum atomic E-state index is -0.184. The van der Waals surface area contributed by atoms with Gasteiger partial charge in [-0.25, -0.2) is 0 Å². The van der Waals surface area contributed by atoms with E-state index in [1.165, 1.54) is 0 Å². The number of amides is 2. The summed E-state index contributed by atoms with van der Waals surface area (Å²) in [5.74, 6) is 0.573. The van der Waals surface area contributed by atoms with Crippen molar-refractivity contribution < 1.29 is 14.3 Å². The van der Waals surface area contributed by atoms with E-state index < -0.39 is 0 Å². The van der Waals surface area contributed by atoms with Crippen LogP contribution in [0, 0.1) is 0 Å². The van der Waals surface area contributed by atoms with Crippen LogP contribution < -0.4 is 20.3 Å². The molecule has 0 bridgehead atoms. The smallest absolute Gasteiger partial charge is 0.251 e. The van der Waals surface area contributed by atoms with E-state index in [0.717, 1.165) is 36.4 Å². The predicted octanol–water partition coefficient (Wildman–Crippen LogP) is 2.55. The Morgan fingerprint density at radius 2 is 2.15 bits per heavy atom. The van der Waals surface area contributed by atoms with Gasteiger partial charge in [0.25, 0.3) is 5.91 Å². The second-order valence-corrected chi connectivity index (χ2v) is 6.57. The monoisotopic (exact) mass is 351 g/mol. The third-order valence-electron chi connectivity index (χ3n) is 5.01. The fraction of sp³-hybridized carbons (Fsp3) is 0.300. The molecule has 26 heavy (non-hydrogen) atoms. The standard InChI is InChI=1S/C20H21N3O3/c1-26-18-7-3-2-5-14(18)12-21-19(24)13-8-9-16-15(11-13)22-20(25)17-6-4-10-23(16)17/h2-3,5,7-9,11,17H,4,6,10,12H2,1H3,(H,21,24)(H,22,25)/t17-/m0/s1. The number of methoxy groups -OCH3 is 1. The molecule has 2 aromatic carbocycles. The Kier molecular flexibility index (Phi) is 4.24. The molecule has 1 saturated heterocycles. The maximum atomic E-state index is 12.5. The van der Waals surface area contributed by atoms with Crippen molar-refractivity contribution in [3.05, 3.63) is 53.6 Å². The van der Waals surface area contributed by atoms with E-state index in [-0.39, 0.29) is 17.9 Å². The lowest BCUT2D eigenvalue weighted by atomic mass is 10.1. The number of ether oxygens (including phenoxy) is 1. The first-order valence-electron chi connectivity index (χ1n) is 8.79. The van der Waals surface area contributed by atoms with E-state index in [0.29, 0.717) is 17.8 Å². The van der Waals surface area contributed by atoms with Gasteiger partial charge >= 0.3 is 0 Å². The highest BCUT2D eigenvalue weighted by Crippen LogP contribution is 2.37. The molecule has 6 heteroatoms. The van der Waals surface area contributed by atoms with Gasteiger partial charge in [-0.05, 0) is 37.1 Å². The summed E-state index contributed by atoms with van der Waals surface area (Å²) in [5, 5.41) is 5.85. The maximum Gasteiger partial charge on any atom is 0.251 e. The van der Waals surface area contributed by atoms with Gasteiger partial charge in [-0.3, -0.25) is 9.59 Å². The normalized spacial score (nSPS) is 18.0. The van der Waals surface area contributed by atoms with Gasteiger partial charge in [0, 0.05) is 24.2 Å². The van der Waals surface area contributed by atoms with Crippen molar-refractivity contribution in [1.29, 1.82) is 0 Å². The highest BCUT2D eigenvalue weighted by atomic mass is 16.5. The summed E-state index contributed by atoms with van der Waals surface area (Å²) in [5.41, 5.74) is 3.14. The Morgan fingerprint density at radius 3 is 3.00 bits per heavy atom. The SMILES string of the molecule is COc1ccccc1CNC(=O)c1ccc2c(c1)NC(=O)[C@@H]1CCCN21. The van der Waals surface area contributed by atoms with Crippen molar-refractivity contribution in [2.75, 3.05) is 23.9 Å². The number of hydrogen-bond acceptors (Lipinski definition) is 4. The highest BCUT2D eigenvalue weighted by Gasteiger charge is 2.36. The van der Waals surface area contributed by atoms with Crippen LogP contribution in [-0.2, 0) is 11.3 Å². The van der Waals surface area contributed by atoms with Crippen LogP contribution in [0.5, 0.6) is 5.75 Å². The summed E-state index contributed by atoms with van der Waals surface area (Å²) in [6, 6.07) is 13.0. The summed E-state index contributed by atoms with van der Waals surface area (Å²) in [6.07, 6.45) is 1.89. The van der Waals surface area contributed by atoms with Gasteiger partial charge in [0.15, 0.2) is 0 Å². The van der Waals surface area contributed by atoms with Gasteiger partial charge in [0.1, 0.15) is 11.8 Å². The molecule has 0 saturated carbocycles. The van der Waals surface area contributed by atoms with Gasteiger partial charge in [-0.1, -0.05) is 18.2 Å². The Labute approximate surface area is 152 Å². The molecule has 2 aliphatic rings. The number of carbonyl (C=O) groups excluding carboxylic acids is 2. The number of hydrogen-bond donors (Lipinski definition) is 2. The lowest BCUT2D eigenvalue weighted by Gasteiger charge is -2.33. The van der Waals surface area contributed by atoms with Crippen LogP contribution in [-0.4, -0.2) is 31.5 Å². The van der Waals surface area contributed by atoms with Crippen molar-refractivity contribution in [3.63, 3.8) is 0 Å². The Bertz CT molecular complexity index is 865. The van der Waals surface area contributed by atoms with Gasteiger partial charge in [0.2, 0.25) is 5.91 Å². The number of para-hydroxylation sites is 1. The number of nitrogens with one attached hydrogen (secondary N) is 2. The second-order valence-electron chi connectivity index (χ2n) is 6.57. The van der Waals surface area contributed by atoms with Crippen LogP contribution in [0.15, 0.2) is 42.5 Å². The number of anilines is 2. The van der Waals surface area contributed by atoms with Crippen molar-refractivity contribution in [2.45, 2.75) is 25.4 Å². The molecule has 4 rings (SSSR count). The maximum absolute atomic E-state index is 12.5. The van der Waals surface area contributed by atoms with Gasteiger partial charge < -0.3 is 20.3 Å². The predicted molar refractivity (Wildman–Crippen MR) is 99.6 cm³/mol. The molecule has 1 fully saturated rings. The van der Waals surface area contributed by atoms with Crippen molar-refractivity contribution in [3.8, 4) is 5.75 Å². The summed E-state index contributed by atoms with van der Waals surface area (Å²) in [7, 11) is 1.61. The average molecular weight is 351 g/mol. The van der Waals surface area contributed by atoms with Crippen molar-refractivity contribution >= 4 is 23.2 Å². The molecule has 2 amide bonds. The molecule has 134 valence electrons. The zero-order chi connectivity index (χ0) is 18.1. The molecule has 6 nitrogen and oxygen atoms in total. The lowest BCUT2D eigenvalue weighted by molar-refractivity contribution is -0.117. The molecule has 0 aliphatic carbocycles. The molecule has 0 spiro atoms. The van der Waals surface area contributed by atoms with Crippen molar-refractivity contribution in [1.82, 2.24) is 5.32 Å². The molecular weight excluding hydrogens is 330 g/mol. The number of carbonyl (C=O) groups is 2. The molecule has 0 unspecified atom stereocenters. The first-order chi connectivity index (χ1) is 12.7. The highest BCUT2D eigenvalue weighted by molar-refractivity contribution is 6.06. The van der Waals surface area contributed by atoms with Gasteiger partial charge in [-0.2, -0.15) is 0 Å². The fourth-order valence-electron chi connectivity index (χ4n) is 3.70. The third-order valence-corrected chi connectivity index (χ3v) is 5.01. The molecule has 2 N–H and O–H groups in total. The molecule has 2 aliphatic heterocycles. The minimum absolute atomic E-state index is 0.0154. The fourth-order valence-corrected chi connectivity index (χ4v) is 3.70. The lowest BCUT2D eigenvalue weighted by Crippen LogP contribution is -2.44. The van der Waals surface area contributed by atoms with E-state index in [4.69, 9.17) is 4.74 Å². The number of nitrogens with zero attached hydrogens (tertiary/aromatic N) is 1. The second kappa shape index (κ2) is 6.71. The van der Waals surface area contributed by atoms with Crippen molar-refractivity contribution in [2.24, 2.45) is 0 Å². The summed E-state index contributed by atoms with van der Waals surface area (Å²) in [4.78, 5) is 26.9. The van der Waals surface area contributed by atoms with Gasteiger partial charge in [0.05, 0.1) is 18.5 Å². The van der Waals surface area contributed by atoms with E-state index >= 15 is 0 Å². The van der Waals surface area contributed by atoms with Crippen LogP contribution >= 0.6 is 0 Å². The minimum Gasteiger partial charge on any atom is -0.496 e. The van der Waals surface area contributed by atoms with E-state index in [1.807, 2.05) is 36.4 Å². The van der Waals surface area contributed by atoms with Crippen LogP contribution in [0.1, 0.15) is 28.8 Å². The molecule has 1 atom stereocenters. The molecular formula is C20H21N3O3. The Morgan fingerprint density at radius 1 is 1.31 bits per heavy atom. The summed E-state index contributed by atoms with van der Waals surface area (Å²) >= 11 is 0. The first kappa shape index (κ1) is 16.4. The quantitative estimate of drug-likeness (QED) is 0.888. The van der Waals surface area contributed by atoms with Gasteiger partial charge in [-0.15, -0.1) is 0 Å². The topological polar surface area (TPSA) is 70.7 Å². The molecule has 0 aromatic heterocycles. The summed E-state index contributed by atoms with van der Waals surface area (Å²) < 4.78 is 5.31. The Balaban J connectivity index is 1.51.